The monoisotopic (exact) mass is 222 g/mol. The predicted octanol–water partition coefficient (Wildman–Crippen LogP) is 2.38. The van der Waals surface area contributed by atoms with E-state index in [-0.39, 0.29) is 5.75 Å². The second-order valence-corrected chi connectivity index (χ2v) is 4.05. The van der Waals surface area contributed by atoms with Crippen molar-refractivity contribution in [2.75, 3.05) is 0 Å². The van der Waals surface area contributed by atoms with Gasteiger partial charge in [-0.1, -0.05) is 0 Å². The Morgan fingerprint density at radius 3 is 2.60 bits per heavy atom. The van der Waals surface area contributed by atoms with Gasteiger partial charge in [0, 0.05) is 11.8 Å². The Hall–Kier alpha value is -1.49. The molecule has 78 valence electrons. The van der Waals surface area contributed by atoms with Crippen LogP contribution in [0.4, 0.5) is 0 Å². The van der Waals surface area contributed by atoms with E-state index in [0.717, 1.165) is 4.90 Å². The highest BCUT2D eigenvalue weighted by Crippen LogP contribution is 2.23. The van der Waals surface area contributed by atoms with E-state index in [1.165, 1.54) is 0 Å². The fraction of sp³-hybridized carbons (Fsp3) is 0.200. The van der Waals surface area contributed by atoms with Crippen LogP contribution in [0.3, 0.4) is 0 Å². The molecule has 0 aliphatic rings. The summed E-state index contributed by atoms with van der Waals surface area (Å²) in [5.74, 6) is 2.11. The molecule has 1 heterocycles. The number of rotatable bonds is 3. The quantitative estimate of drug-likeness (QED) is 0.808. The summed E-state index contributed by atoms with van der Waals surface area (Å²) >= 11 is 1.59. The maximum absolute atomic E-state index is 9.10. The van der Waals surface area contributed by atoms with Crippen molar-refractivity contribution in [2.24, 2.45) is 0 Å². The van der Waals surface area contributed by atoms with Crippen molar-refractivity contribution in [1.29, 1.82) is 0 Å². The van der Waals surface area contributed by atoms with Gasteiger partial charge in [0.15, 0.2) is 0 Å². The minimum absolute atomic E-state index is 0.271. The molecule has 15 heavy (non-hydrogen) atoms. The largest absolute Gasteiger partial charge is 0.508 e. The van der Waals surface area contributed by atoms with Crippen molar-refractivity contribution >= 4 is 11.8 Å². The molecular formula is C10H10N2O2S. The molecule has 0 saturated carbocycles. The number of aryl methyl sites for hydroxylation is 1. The molecule has 1 aromatic carbocycles. The fourth-order valence-corrected chi connectivity index (χ4v) is 1.82. The lowest BCUT2D eigenvalue weighted by molar-refractivity contribution is 0.475. The third-order valence-corrected chi connectivity index (χ3v) is 2.76. The van der Waals surface area contributed by atoms with Crippen LogP contribution >= 0.6 is 11.8 Å². The van der Waals surface area contributed by atoms with E-state index in [0.29, 0.717) is 17.5 Å². The Kier molecular flexibility index (Phi) is 2.91. The first-order valence-electron chi connectivity index (χ1n) is 4.45. The third kappa shape index (κ3) is 2.73. The maximum atomic E-state index is 9.10. The highest BCUT2D eigenvalue weighted by molar-refractivity contribution is 7.98. The number of hydrogen-bond acceptors (Lipinski definition) is 5. The van der Waals surface area contributed by atoms with Crippen LogP contribution in [0.1, 0.15) is 11.8 Å². The summed E-state index contributed by atoms with van der Waals surface area (Å²) in [5, 5.41) is 16.7. The molecule has 1 N–H and O–H groups in total. The summed E-state index contributed by atoms with van der Waals surface area (Å²) in [6.07, 6.45) is 0. The predicted molar refractivity (Wildman–Crippen MR) is 56.7 cm³/mol. The molecule has 0 spiro atoms. The molecule has 0 amide bonds. The summed E-state index contributed by atoms with van der Waals surface area (Å²) in [4.78, 5) is 1.06. The zero-order chi connectivity index (χ0) is 10.7. The molecule has 0 aliphatic heterocycles. The second kappa shape index (κ2) is 4.35. The summed E-state index contributed by atoms with van der Waals surface area (Å²) < 4.78 is 5.24. The molecule has 1 aromatic heterocycles. The molecule has 2 rings (SSSR count). The molecule has 0 radical (unpaired) electrons. The number of aromatic hydroxyl groups is 1. The fourth-order valence-electron chi connectivity index (χ4n) is 1.08. The molecular weight excluding hydrogens is 212 g/mol. The van der Waals surface area contributed by atoms with Crippen molar-refractivity contribution < 1.29 is 9.52 Å². The van der Waals surface area contributed by atoms with Gasteiger partial charge in [-0.15, -0.1) is 22.0 Å². The molecule has 4 nitrogen and oxygen atoms in total. The summed E-state index contributed by atoms with van der Waals surface area (Å²) in [6.45, 7) is 1.77. The Balaban J connectivity index is 1.96. The third-order valence-electron chi connectivity index (χ3n) is 1.77. The van der Waals surface area contributed by atoms with Gasteiger partial charge in [0.1, 0.15) is 5.75 Å². The van der Waals surface area contributed by atoms with Gasteiger partial charge in [0.25, 0.3) is 0 Å². The van der Waals surface area contributed by atoms with E-state index in [9.17, 15) is 0 Å². The Labute approximate surface area is 91.3 Å². The van der Waals surface area contributed by atoms with Crippen LogP contribution in [-0.4, -0.2) is 15.3 Å². The van der Waals surface area contributed by atoms with Crippen LogP contribution in [0, 0.1) is 6.92 Å². The summed E-state index contributed by atoms with van der Waals surface area (Å²) in [5.41, 5.74) is 0. The minimum atomic E-state index is 0.271. The minimum Gasteiger partial charge on any atom is -0.508 e. The van der Waals surface area contributed by atoms with E-state index in [2.05, 4.69) is 10.2 Å². The van der Waals surface area contributed by atoms with Gasteiger partial charge in [-0.05, 0) is 24.3 Å². The molecule has 0 unspecified atom stereocenters. The lowest BCUT2D eigenvalue weighted by Crippen LogP contribution is -1.80. The number of benzene rings is 1. The van der Waals surface area contributed by atoms with Crippen LogP contribution in [-0.2, 0) is 5.75 Å². The van der Waals surface area contributed by atoms with E-state index >= 15 is 0 Å². The van der Waals surface area contributed by atoms with Crippen molar-refractivity contribution in [1.82, 2.24) is 10.2 Å². The first-order valence-corrected chi connectivity index (χ1v) is 5.43. The second-order valence-electron chi connectivity index (χ2n) is 3.00. The molecule has 0 fully saturated rings. The van der Waals surface area contributed by atoms with Crippen molar-refractivity contribution in [3.63, 3.8) is 0 Å². The molecule has 0 atom stereocenters. The van der Waals surface area contributed by atoms with Gasteiger partial charge >= 0.3 is 0 Å². The molecule has 0 aliphatic carbocycles. The number of nitrogens with zero attached hydrogens (tertiary/aromatic N) is 2. The molecule has 5 heteroatoms. The normalized spacial score (nSPS) is 10.5. The highest BCUT2D eigenvalue weighted by atomic mass is 32.2. The topological polar surface area (TPSA) is 59.2 Å². The van der Waals surface area contributed by atoms with Gasteiger partial charge in [0.05, 0.1) is 5.75 Å². The lowest BCUT2D eigenvalue weighted by atomic mass is 10.3. The number of aromatic nitrogens is 2. The molecule has 2 aromatic rings. The Morgan fingerprint density at radius 2 is 2.00 bits per heavy atom. The zero-order valence-corrected chi connectivity index (χ0v) is 8.99. The molecule has 0 saturated heterocycles. The Bertz CT molecular complexity index is 439. The van der Waals surface area contributed by atoms with Gasteiger partial charge in [0.2, 0.25) is 11.8 Å². The highest BCUT2D eigenvalue weighted by Gasteiger charge is 2.02. The van der Waals surface area contributed by atoms with Crippen molar-refractivity contribution in [3.8, 4) is 5.75 Å². The lowest BCUT2D eigenvalue weighted by Gasteiger charge is -1.98. The average molecular weight is 222 g/mol. The first-order chi connectivity index (χ1) is 7.24. The van der Waals surface area contributed by atoms with Crippen LogP contribution in [0.5, 0.6) is 5.75 Å². The zero-order valence-electron chi connectivity index (χ0n) is 8.17. The number of thioether (sulfide) groups is 1. The SMILES string of the molecule is Cc1nnc(CSc2ccc(O)cc2)o1. The smallest absolute Gasteiger partial charge is 0.226 e. The number of hydrogen-bond donors (Lipinski definition) is 1. The van der Waals surface area contributed by atoms with Crippen LogP contribution < -0.4 is 0 Å². The number of phenolic OH excluding ortho intramolecular Hbond substituents is 1. The van der Waals surface area contributed by atoms with Gasteiger partial charge in [-0.3, -0.25) is 0 Å². The average Bonchev–Trinajstić information content (AvgIpc) is 2.64. The van der Waals surface area contributed by atoms with Crippen LogP contribution in [0.25, 0.3) is 0 Å². The van der Waals surface area contributed by atoms with Crippen LogP contribution in [0.2, 0.25) is 0 Å². The van der Waals surface area contributed by atoms with Gasteiger partial charge in [-0.2, -0.15) is 0 Å². The Morgan fingerprint density at radius 1 is 1.27 bits per heavy atom. The standard InChI is InChI=1S/C10H10N2O2S/c1-7-11-12-10(14-7)6-15-9-4-2-8(13)3-5-9/h2-5,13H,6H2,1H3. The van der Waals surface area contributed by atoms with Crippen LogP contribution in [0.15, 0.2) is 33.6 Å². The van der Waals surface area contributed by atoms with Crippen molar-refractivity contribution in [2.45, 2.75) is 17.6 Å². The van der Waals surface area contributed by atoms with E-state index in [1.807, 2.05) is 12.1 Å². The summed E-state index contributed by atoms with van der Waals surface area (Å²) in [6, 6.07) is 7.01. The van der Waals surface area contributed by atoms with E-state index < -0.39 is 0 Å². The molecule has 0 bridgehead atoms. The van der Waals surface area contributed by atoms with E-state index in [1.54, 1.807) is 30.8 Å². The first kappa shape index (κ1) is 10.0. The van der Waals surface area contributed by atoms with Gasteiger partial charge in [-0.25, -0.2) is 0 Å². The van der Waals surface area contributed by atoms with Crippen molar-refractivity contribution in [3.05, 3.63) is 36.0 Å². The maximum Gasteiger partial charge on any atom is 0.226 e. The summed E-state index contributed by atoms with van der Waals surface area (Å²) in [7, 11) is 0. The van der Waals surface area contributed by atoms with Gasteiger partial charge < -0.3 is 9.52 Å². The van der Waals surface area contributed by atoms with E-state index in [4.69, 9.17) is 9.52 Å². The number of phenols is 1.